The second kappa shape index (κ2) is 2.67. The monoisotopic (exact) mass is 205 g/mol. The van der Waals surface area contributed by atoms with Gasteiger partial charge < -0.3 is 0 Å². The zero-order valence-electron chi connectivity index (χ0n) is 8.19. The van der Waals surface area contributed by atoms with E-state index in [1.165, 1.54) is 15.6 Å². The molecule has 0 spiro atoms. The third kappa shape index (κ3) is 0.973. The second-order valence-corrected chi connectivity index (χ2v) is 4.98. The van der Waals surface area contributed by atoms with Gasteiger partial charge >= 0.3 is 0 Å². The number of thiazole rings is 1. The van der Waals surface area contributed by atoms with Crippen LogP contribution in [0.1, 0.15) is 35.3 Å². The first-order valence-electron chi connectivity index (χ1n) is 4.78. The molecule has 2 aromatic heterocycles. The van der Waals surface area contributed by atoms with E-state index in [-0.39, 0.29) is 0 Å². The topological polar surface area (TPSA) is 30.7 Å². The van der Waals surface area contributed by atoms with Gasteiger partial charge in [0.2, 0.25) is 0 Å². The Morgan fingerprint density at radius 3 is 3.14 bits per heavy atom. The fourth-order valence-electron chi connectivity index (χ4n) is 1.71. The lowest BCUT2D eigenvalue weighted by Gasteiger charge is -1.98. The zero-order chi connectivity index (χ0) is 9.71. The summed E-state index contributed by atoms with van der Waals surface area (Å²) in [5.74, 6) is 1.57. The standard InChI is InChI=1S/C10H11N3S/c1-6(2)10-12-9-8(14-10)5-7-3-4-11-13(7)9/h3-4,6H,5H2,1-2H3. The lowest BCUT2D eigenvalue weighted by molar-refractivity contribution is 0.808. The number of aromatic nitrogens is 3. The van der Waals surface area contributed by atoms with Gasteiger partial charge in [-0.25, -0.2) is 9.67 Å². The summed E-state index contributed by atoms with van der Waals surface area (Å²) in [5.41, 5.74) is 1.26. The van der Waals surface area contributed by atoms with Gasteiger partial charge in [0.25, 0.3) is 0 Å². The number of hydrogen-bond donors (Lipinski definition) is 0. The van der Waals surface area contributed by atoms with Crippen molar-refractivity contribution < 1.29 is 0 Å². The molecule has 0 aromatic carbocycles. The van der Waals surface area contributed by atoms with Crippen LogP contribution >= 0.6 is 11.3 Å². The van der Waals surface area contributed by atoms with Crippen molar-refractivity contribution in [3.8, 4) is 5.82 Å². The van der Waals surface area contributed by atoms with Gasteiger partial charge in [-0.2, -0.15) is 5.10 Å². The van der Waals surface area contributed by atoms with Crippen LogP contribution in [-0.2, 0) is 6.42 Å². The van der Waals surface area contributed by atoms with Crippen LogP contribution in [0.2, 0.25) is 0 Å². The summed E-state index contributed by atoms with van der Waals surface area (Å²) in [7, 11) is 0. The quantitative estimate of drug-likeness (QED) is 0.610. The van der Waals surface area contributed by atoms with Crippen molar-refractivity contribution in [3.05, 3.63) is 27.8 Å². The van der Waals surface area contributed by atoms with E-state index in [0.717, 1.165) is 12.2 Å². The maximum atomic E-state index is 4.62. The zero-order valence-corrected chi connectivity index (χ0v) is 9.01. The average Bonchev–Trinajstić information content (AvgIpc) is 2.70. The lowest BCUT2D eigenvalue weighted by atomic mass is 10.2. The van der Waals surface area contributed by atoms with Crippen LogP contribution in [0.5, 0.6) is 0 Å². The molecule has 0 unspecified atom stereocenters. The molecule has 1 aliphatic heterocycles. The van der Waals surface area contributed by atoms with E-state index in [1.54, 1.807) is 0 Å². The summed E-state index contributed by atoms with van der Waals surface area (Å²) >= 11 is 1.82. The molecular formula is C10H11N3S. The second-order valence-electron chi connectivity index (χ2n) is 3.86. The first-order valence-corrected chi connectivity index (χ1v) is 5.60. The van der Waals surface area contributed by atoms with Crippen LogP contribution in [0.3, 0.4) is 0 Å². The largest absolute Gasteiger partial charge is 0.221 e. The van der Waals surface area contributed by atoms with E-state index in [1.807, 2.05) is 22.2 Å². The minimum atomic E-state index is 0.518. The highest BCUT2D eigenvalue weighted by Crippen LogP contribution is 2.33. The molecule has 0 N–H and O–H groups in total. The van der Waals surface area contributed by atoms with Crippen molar-refractivity contribution in [2.45, 2.75) is 26.2 Å². The molecule has 3 rings (SSSR count). The first kappa shape index (κ1) is 8.17. The SMILES string of the molecule is CC(C)c1nc2c(s1)Cc1ccnn1-2. The Balaban J connectivity index is 2.15. The van der Waals surface area contributed by atoms with Crippen molar-refractivity contribution in [1.29, 1.82) is 0 Å². The molecule has 2 aromatic rings. The van der Waals surface area contributed by atoms with E-state index < -0.39 is 0 Å². The van der Waals surface area contributed by atoms with Crippen LogP contribution < -0.4 is 0 Å². The normalized spacial score (nSPS) is 13.4. The van der Waals surface area contributed by atoms with Gasteiger partial charge in [-0.3, -0.25) is 0 Å². The minimum absolute atomic E-state index is 0.518. The molecule has 14 heavy (non-hydrogen) atoms. The summed E-state index contributed by atoms with van der Waals surface area (Å²) in [6.07, 6.45) is 2.84. The molecule has 3 nitrogen and oxygen atoms in total. The summed E-state index contributed by atoms with van der Waals surface area (Å²) in [6, 6.07) is 2.06. The van der Waals surface area contributed by atoms with Gasteiger partial charge in [0.1, 0.15) is 0 Å². The van der Waals surface area contributed by atoms with E-state index >= 15 is 0 Å². The number of hydrogen-bond acceptors (Lipinski definition) is 3. The van der Waals surface area contributed by atoms with Crippen LogP contribution in [0, 0.1) is 0 Å². The Morgan fingerprint density at radius 1 is 1.50 bits per heavy atom. The smallest absolute Gasteiger partial charge is 0.168 e. The molecule has 0 bridgehead atoms. The molecule has 4 heteroatoms. The number of fused-ring (bicyclic) bond motifs is 3. The van der Waals surface area contributed by atoms with Crippen LogP contribution in [0.15, 0.2) is 12.3 Å². The Morgan fingerprint density at radius 2 is 2.36 bits per heavy atom. The predicted molar refractivity (Wildman–Crippen MR) is 56.1 cm³/mol. The fourth-order valence-corrected chi connectivity index (χ4v) is 2.77. The van der Waals surface area contributed by atoms with Gasteiger partial charge in [-0.05, 0) is 6.07 Å². The number of rotatable bonds is 1. The molecular weight excluding hydrogens is 194 g/mol. The average molecular weight is 205 g/mol. The van der Waals surface area contributed by atoms with E-state index in [9.17, 15) is 0 Å². The maximum absolute atomic E-state index is 4.62. The highest BCUT2D eigenvalue weighted by Gasteiger charge is 2.23. The lowest BCUT2D eigenvalue weighted by Crippen LogP contribution is -1.96. The molecule has 0 saturated heterocycles. The highest BCUT2D eigenvalue weighted by molar-refractivity contribution is 7.12. The molecule has 0 amide bonds. The third-order valence-corrected chi connectivity index (χ3v) is 3.80. The maximum Gasteiger partial charge on any atom is 0.168 e. The van der Waals surface area contributed by atoms with Crippen molar-refractivity contribution in [2.24, 2.45) is 0 Å². The first-order chi connectivity index (χ1) is 6.75. The minimum Gasteiger partial charge on any atom is -0.221 e. The molecule has 72 valence electrons. The molecule has 0 fully saturated rings. The molecule has 0 atom stereocenters. The Hall–Kier alpha value is -1.16. The molecule has 0 radical (unpaired) electrons. The van der Waals surface area contributed by atoms with Gasteiger partial charge in [-0.1, -0.05) is 13.8 Å². The third-order valence-electron chi connectivity index (χ3n) is 2.45. The van der Waals surface area contributed by atoms with Crippen LogP contribution in [0.25, 0.3) is 5.82 Å². The van der Waals surface area contributed by atoms with Gasteiger partial charge in [0.05, 0.1) is 15.6 Å². The Labute approximate surface area is 86.4 Å². The fraction of sp³-hybridized carbons (Fsp3) is 0.400. The van der Waals surface area contributed by atoms with Crippen molar-refractivity contribution in [1.82, 2.24) is 14.8 Å². The van der Waals surface area contributed by atoms with Gasteiger partial charge in [-0.15, -0.1) is 11.3 Å². The van der Waals surface area contributed by atoms with E-state index in [4.69, 9.17) is 0 Å². The predicted octanol–water partition coefficient (Wildman–Crippen LogP) is 2.36. The summed E-state index contributed by atoms with van der Waals surface area (Å²) in [4.78, 5) is 5.98. The highest BCUT2D eigenvalue weighted by atomic mass is 32.1. The van der Waals surface area contributed by atoms with Gasteiger partial charge in [0, 0.05) is 18.5 Å². The van der Waals surface area contributed by atoms with Crippen molar-refractivity contribution >= 4 is 11.3 Å². The van der Waals surface area contributed by atoms with Gasteiger partial charge in [0.15, 0.2) is 5.82 Å². The summed E-state index contributed by atoms with van der Waals surface area (Å²) in [5, 5.41) is 5.49. The Kier molecular flexibility index (Phi) is 1.56. The summed E-state index contributed by atoms with van der Waals surface area (Å²) in [6.45, 7) is 4.36. The molecule has 0 saturated carbocycles. The van der Waals surface area contributed by atoms with Crippen LogP contribution in [-0.4, -0.2) is 14.8 Å². The van der Waals surface area contributed by atoms with E-state index in [0.29, 0.717) is 5.92 Å². The molecule has 0 aliphatic carbocycles. The molecule has 3 heterocycles. The Bertz CT molecular complexity index is 481. The van der Waals surface area contributed by atoms with Crippen molar-refractivity contribution in [3.63, 3.8) is 0 Å². The van der Waals surface area contributed by atoms with E-state index in [2.05, 4.69) is 30.0 Å². The summed E-state index contributed by atoms with van der Waals surface area (Å²) < 4.78 is 1.96. The van der Waals surface area contributed by atoms with Crippen molar-refractivity contribution in [2.75, 3.05) is 0 Å². The van der Waals surface area contributed by atoms with Crippen LogP contribution in [0.4, 0.5) is 0 Å². The molecule has 1 aliphatic rings. The number of nitrogens with zero attached hydrogens (tertiary/aromatic N) is 3.